The van der Waals surface area contributed by atoms with Gasteiger partial charge < -0.3 is 4.98 Å². The van der Waals surface area contributed by atoms with Crippen LogP contribution < -0.4 is 0 Å². The van der Waals surface area contributed by atoms with Crippen molar-refractivity contribution < 1.29 is 4.79 Å². The number of Topliss-reactive ketones (excluding diaryl/α,β-unsaturated/α-hetero) is 1. The van der Waals surface area contributed by atoms with Crippen LogP contribution in [-0.2, 0) is 0 Å². The van der Waals surface area contributed by atoms with Gasteiger partial charge >= 0.3 is 0 Å². The molecule has 94 valence electrons. The summed E-state index contributed by atoms with van der Waals surface area (Å²) in [4.78, 5) is 15.7. The predicted molar refractivity (Wildman–Crippen MR) is 76.0 cm³/mol. The van der Waals surface area contributed by atoms with E-state index in [1.165, 1.54) is 0 Å². The van der Waals surface area contributed by atoms with Crippen LogP contribution in [0.25, 0.3) is 10.9 Å². The van der Waals surface area contributed by atoms with Gasteiger partial charge in [-0.15, -0.1) is 0 Å². The largest absolute Gasteiger partial charge is 0.361 e. The van der Waals surface area contributed by atoms with E-state index in [1.54, 1.807) is 0 Å². The van der Waals surface area contributed by atoms with Crippen molar-refractivity contribution in [2.75, 3.05) is 0 Å². The fraction of sp³-hybridized carbons (Fsp3) is 0.235. The lowest BCUT2D eigenvalue weighted by molar-refractivity contribution is 0.103. The molecule has 2 aliphatic carbocycles. The van der Waals surface area contributed by atoms with E-state index in [0.717, 1.165) is 22.0 Å². The van der Waals surface area contributed by atoms with Gasteiger partial charge in [0.25, 0.3) is 0 Å². The average molecular weight is 249 g/mol. The van der Waals surface area contributed by atoms with Crippen LogP contribution >= 0.6 is 0 Å². The van der Waals surface area contributed by atoms with Crippen molar-refractivity contribution in [3.05, 3.63) is 59.8 Å². The summed E-state index contributed by atoms with van der Waals surface area (Å²) in [6, 6.07) is 7.83. The van der Waals surface area contributed by atoms with E-state index in [0.29, 0.717) is 17.8 Å². The highest BCUT2D eigenvalue weighted by Gasteiger charge is 2.45. The first-order valence-corrected chi connectivity index (χ1v) is 6.76. The number of nitrogens with one attached hydrogen (secondary N) is 1. The molecule has 1 aromatic carbocycles. The molecule has 1 aromatic heterocycles. The Kier molecular flexibility index (Phi) is 2.10. The second kappa shape index (κ2) is 3.70. The molecule has 0 radical (unpaired) electrons. The Hall–Kier alpha value is -2.09. The molecular weight excluding hydrogens is 234 g/mol. The number of hydrogen-bond acceptors (Lipinski definition) is 1. The molecule has 0 aliphatic heterocycles. The molecule has 1 saturated carbocycles. The summed E-state index contributed by atoms with van der Waals surface area (Å²) < 4.78 is 0. The molecule has 2 nitrogen and oxygen atoms in total. The van der Waals surface area contributed by atoms with Crippen molar-refractivity contribution in [3.8, 4) is 0 Å². The summed E-state index contributed by atoms with van der Waals surface area (Å²) in [5, 5.41) is 1.09. The number of rotatable bonds is 2. The van der Waals surface area contributed by atoms with Crippen LogP contribution in [-0.4, -0.2) is 10.8 Å². The van der Waals surface area contributed by atoms with Gasteiger partial charge in [-0.1, -0.05) is 25.2 Å². The third-order valence-corrected chi connectivity index (χ3v) is 4.47. The highest BCUT2D eigenvalue weighted by atomic mass is 16.1. The maximum absolute atomic E-state index is 12.5. The smallest absolute Gasteiger partial charge is 0.192 e. The van der Waals surface area contributed by atoms with Crippen molar-refractivity contribution in [3.63, 3.8) is 0 Å². The standard InChI is InChI=1S/C17H15NO/c1-10-14-4-2-13(9-15(10)14)17(19)12-3-5-16-11(8-12)6-7-18-16/h2-10,14-15,18H,1H3. The van der Waals surface area contributed by atoms with Crippen LogP contribution in [0.4, 0.5) is 0 Å². The van der Waals surface area contributed by atoms with Gasteiger partial charge in [0.15, 0.2) is 5.78 Å². The number of ketones is 1. The molecule has 1 heterocycles. The van der Waals surface area contributed by atoms with Gasteiger partial charge in [0.1, 0.15) is 0 Å². The first-order valence-electron chi connectivity index (χ1n) is 6.76. The van der Waals surface area contributed by atoms with Gasteiger partial charge in [-0.2, -0.15) is 0 Å². The van der Waals surface area contributed by atoms with Crippen molar-refractivity contribution in [2.45, 2.75) is 6.92 Å². The summed E-state index contributed by atoms with van der Waals surface area (Å²) in [5.41, 5.74) is 2.69. The van der Waals surface area contributed by atoms with Crippen molar-refractivity contribution in [1.29, 1.82) is 0 Å². The maximum Gasteiger partial charge on any atom is 0.192 e. The summed E-state index contributed by atoms with van der Waals surface area (Å²) in [5.74, 6) is 2.09. The van der Waals surface area contributed by atoms with E-state index in [1.807, 2.05) is 36.5 Å². The molecule has 2 aliphatic rings. The Morgan fingerprint density at radius 2 is 2.11 bits per heavy atom. The van der Waals surface area contributed by atoms with E-state index in [2.05, 4.69) is 24.1 Å². The quantitative estimate of drug-likeness (QED) is 0.808. The zero-order valence-corrected chi connectivity index (χ0v) is 10.8. The van der Waals surface area contributed by atoms with Gasteiger partial charge in [-0.3, -0.25) is 4.79 Å². The Bertz CT molecular complexity index is 735. The number of carbonyl (C=O) groups excluding carboxylic acids is 1. The average Bonchev–Trinajstić information content (AvgIpc) is 2.89. The molecule has 0 amide bonds. The second-order valence-corrected chi connectivity index (χ2v) is 5.60. The first kappa shape index (κ1) is 10.8. The molecule has 3 atom stereocenters. The fourth-order valence-electron chi connectivity index (χ4n) is 3.08. The van der Waals surface area contributed by atoms with Crippen LogP contribution in [0.3, 0.4) is 0 Å². The van der Waals surface area contributed by atoms with E-state index < -0.39 is 0 Å². The number of hydrogen-bond donors (Lipinski definition) is 1. The van der Waals surface area contributed by atoms with Gasteiger partial charge in [-0.25, -0.2) is 0 Å². The van der Waals surface area contributed by atoms with Gasteiger partial charge in [0.05, 0.1) is 0 Å². The first-order chi connectivity index (χ1) is 9.24. The number of H-pyrrole nitrogens is 1. The van der Waals surface area contributed by atoms with Crippen molar-refractivity contribution in [2.24, 2.45) is 17.8 Å². The van der Waals surface area contributed by atoms with E-state index in [9.17, 15) is 4.79 Å². The Morgan fingerprint density at radius 3 is 2.95 bits per heavy atom. The van der Waals surface area contributed by atoms with Gasteiger partial charge in [-0.05, 0) is 42.0 Å². The Morgan fingerprint density at radius 1 is 1.21 bits per heavy atom. The summed E-state index contributed by atoms with van der Waals surface area (Å²) in [7, 11) is 0. The molecule has 2 heteroatoms. The minimum atomic E-state index is 0.136. The predicted octanol–water partition coefficient (Wildman–Crippen LogP) is 3.73. The maximum atomic E-state index is 12.5. The van der Waals surface area contributed by atoms with Crippen LogP contribution in [0.2, 0.25) is 0 Å². The molecule has 0 spiro atoms. The SMILES string of the molecule is CC1C2C=CC(C(=O)c3ccc4[nH]ccc4c3)=CC12. The Labute approximate surface area is 111 Å². The van der Waals surface area contributed by atoms with Crippen molar-refractivity contribution in [1.82, 2.24) is 4.98 Å². The fourth-order valence-corrected chi connectivity index (χ4v) is 3.08. The molecular formula is C17H15NO. The zero-order valence-electron chi connectivity index (χ0n) is 10.8. The molecule has 0 bridgehead atoms. The molecule has 2 aromatic rings. The monoisotopic (exact) mass is 249 g/mol. The molecule has 0 saturated heterocycles. The molecule has 3 unspecified atom stereocenters. The molecule has 1 N–H and O–H groups in total. The lowest BCUT2D eigenvalue weighted by Crippen LogP contribution is -2.04. The lowest BCUT2D eigenvalue weighted by atomic mass is 9.97. The molecule has 1 fully saturated rings. The van der Waals surface area contributed by atoms with Crippen LogP contribution in [0, 0.1) is 17.8 Å². The van der Waals surface area contributed by atoms with Crippen molar-refractivity contribution >= 4 is 16.7 Å². The molecule has 4 rings (SSSR count). The minimum absolute atomic E-state index is 0.136. The topological polar surface area (TPSA) is 32.9 Å². The van der Waals surface area contributed by atoms with Gasteiger partial charge in [0, 0.05) is 28.2 Å². The number of carbonyl (C=O) groups is 1. The summed E-state index contributed by atoms with van der Waals surface area (Å²) >= 11 is 0. The third kappa shape index (κ3) is 1.60. The zero-order chi connectivity index (χ0) is 13.0. The van der Waals surface area contributed by atoms with Crippen LogP contribution in [0.1, 0.15) is 17.3 Å². The number of aromatic nitrogens is 1. The number of fused-ring (bicyclic) bond motifs is 2. The molecule has 19 heavy (non-hydrogen) atoms. The van der Waals surface area contributed by atoms with Gasteiger partial charge in [0.2, 0.25) is 0 Å². The lowest BCUT2D eigenvalue weighted by Gasteiger charge is -2.05. The number of aromatic amines is 1. The van der Waals surface area contributed by atoms with E-state index in [4.69, 9.17) is 0 Å². The number of benzene rings is 1. The van der Waals surface area contributed by atoms with Crippen LogP contribution in [0.5, 0.6) is 0 Å². The highest BCUT2D eigenvalue weighted by molar-refractivity contribution is 6.12. The van der Waals surface area contributed by atoms with E-state index >= 15 is 0 Å². The highest BCUT2D eigenvalue weighted by Crippen LogP contribution is 2.50. The second-order valence-electron chi connectivity index (χ2n) is 5.60. The summed E-state index contributed by atoms with van der Waals surface area (Å²) in [6.07, 6.45) is 8.24. The van der Waals surface area contributed by atoms with E-state index in [-0.39, 0.29) is 5.78 Å². The number of allylic oxidation sites excluding steroid dienone is 4. The third-order valence-electron chi connectivity index (χ3n) is 4.47. The normalized spacial score (nSPS) is 28.1. The minimum Gasteiger partial charge on any atom is -0.361 e. The Balaban J connectivity index is 1.70. The van der Waals surface area contributed by atoms with Crippen LogP contribution in [0.15, 0.2) is 54.3 Å². The summed E-state index contributed by atoms with van der Waals surface area (Å²) in [6.45, 7) is 2.25.